The lowest BCUT2D eigenvalue weighted by Gasteiger charge is -2.42. The molecule has 0 aromatic heterocycles. The van der Waals surface area contributed by atoms with E-state index in [0.29, 0.717) is 27.9 Å². The summed E-state index contributed by atoms with van der Waals surface area (Å²) >= 11 is 3.51. The molecule has 31 heavy (non-hydrogen) atoms. The molecule has 0 N–H and O–H groups in total. The second-order valence-electron chi connectivity index (χ2n) is 8.83. The van der Waals surface area contributed by atoms with Crippen LogP contribution >= 0.6 is 15.9 Å². The number of esters is 1. The summed E-state index contributed by atoms with van der Waals surface area (Å²) in [6, 6.07) is 14.4. The molecule has 2 aromatic rings. The van der Waals surface area contributed by atoms with Gasteiger partial charge in [0.15, 0.2) is 5.78 Å². The van der Waals surface area contributed by atoms with Gasteiger partial charge < -0.3 is 9.16 Å². The molecule has 2 aromatic carbocycles. The van der Waals surface area contributed by atoms with E-state index in [1.54, 1.807) is 24.3 Å². The Balaban J connectivity index is 2.18. The molecule has 6 heteroatoms. The average Bonchev–Trinajstić information content (AvgIpc) is 2.70. The number of hydrogen-bond acceptors (Lipinski definition) is 4. The van der Waals surface area contributed by atoms with Gasteiger partial charge >= 0.3 is 5.97 Å². The summed E-state index contributed by atoms with van der Waals surface area (Å²) in [6.45, 7) is 14.9. The number of alkyl halides is 1. The maximum absolute atomic E-state index is 13.0. The van der Waals surface area contributed by atoms with Gasteiger partial charge in [-0.2, -0.15) is 0 Å². The molecule has 4 nitrogen and oxygen atoms in total. The summed E-state index contributed by atoms with van der Waals surface area (Å²) in [5, 5.41) is 0. The van der Waals surface area contributed by atoms with Crippen LogP contribution in [0.2, 0.25) is 16.6 Å². The molecule has 2 rings (SSSR count). The minimum atomic E-state index is -2.03. The number of carbonyl (C=O) groups excluding carboxylic acids is 2. The van der Waals surface area contributed by atoms with E-state index in [4.69, 9.17) is 9.16 Å². The van der Waals surface area contributed by atoms with Crippen LogP contribution in [0.3, 0.4) is 0 Å². The second-order valence-corrected chi connectivity index (χ2v) is 15.1. The van der Waals surface area contributed by atoms with Gasteiger partial charge in [-0.3, -0.25) is 9.59 Å². The van der Waals surface area contributed by atoms with E-state index in [1.165, 1.54) is 6.92 Å². The van der Waals surface area contributed by atoms with Gasteiger partial charge in [-0.05, 0) is 58.6 Å². The zero-order valence-electron chi connectivity index (χ0n) is 19.4. The zero-order valence-corrected chi connectivity index (χ0v) is 22.0. The largest absolute Gasteiger partial charge is 0.543 e. The third kappa shape index (κ3) is 5.86. The Morgan fingerprint density at radius 3 is 1.65 bits per heavy atom. The predicted octanol–water partition coefficient (Wildman–Crippen LogP) is 7.49. The van der Waals surface area contributed by atoms with Crippen molar-refractivity contribution in [2.45, 2.75) is 69.9 Å². The summed E-state index contributed by atoms with van der Waals surface area (Å²) in [6.07, 6.45) is 0. The summed E-state index contributed by atoms with van der Waals surface area (Å²) in [7, 11) is -2.03. The molecule has 168 valence electrons. The van der Waals surface area contributed by atoms with Crippen molar-refractivity contribution < 1.29 is 18.8 Å². The van der Waals surface area contributed by atoms with Gasteiger partial charge in [0.2, 0.25) is 0 Å². The van der Waals surface area contributed by atoms with Crippen molar-refractivity contribution in [1.29, 1.82) is 0 Å². The maximum Gasteiger partial charge on any atom is 0.308 e. The van der Waals surface area contributed by atoms with Crippen molar-refractivity contribution in [1.82, 2.24) is 0 Å². The first-order valence-electron chi connectivity index (χ1n) is 10.7. The summed E-state index contributed by atoms with van der Waals surface area (Å²) in [4.78, 5) is 23.5. The lowest BCUT2D eigenvalue weighted by Crippen LogP contribution is -2.50. The molecule has 0 heterocycles. The molecule has 0 spiro atoms. The number of carbonyl (C=O) groups is 2. The second kappa shape index (κ2) is 10.6. The van der Waals surface area contributed by atoms with Crippen LogP contribution < -0.4 is 9.16 Å². The fraction of sp³-hybridized carbons (Fsp3) is 0.440. The highest BCUT2D eigenvalue weighted by molar-refractivity contribution is 9.09. The van der Waals surface area contributed by atoms with E-state index < -0.39 is 13.1 Å². The highest BCUT2D eigenvalue weighted by Crippen LogP contribution is 2.42. The zero-order chi connectivity index (χ0) is 23.3. The van der Waals surface area contributed by atoms with Crippen LogP contribution in [-0.2, 0) is 4.79 Å². The highest BCUT2D eigenvalue weighted by Gasteiger charge is 2.46. The molecule has 0 fully saturated rings. The van der Waals surface area contributed by atoms with Crippen LogP contribution in [-0.4, -0.2) is 20.1 Å². The van der Waals surface area contributed by atoms with Crippen LogP contribution in [0.4, 0.5) is 0 Å². The third-order valence-corrected chi connectivity index (χ3v) is 12.8. The lowest BCUT2D eigenvalue weighted by atomic mass is 10.0. The Labute approximate surface area is 195 Å². The van der Waals surface area contributed by atoms with Crippen LogP contribution in [0.1, 0.15) is 69.2 Å². The van der Waals surface area contributed by atoms with Gasteiger partial charge in [0.05, 0.1) is 0 Å². The number of ether oxygens (including phenoxy) is 1. The summed E-state index contributed by atoms with van der Waals surface area (Å²) < 4.78 is 11.7. The minimum Gasteiger partial charge on any atom is -0.543 e. The van der Waals surface area contributed by atoms with Crippen LogP contribution in [0.15, 0.2) is 48.5 Å². The van der Waals surface area contributed by atoms with Crippen molar-refractivity contribution in [3.05, 3.63) is 59.7 Å². The fourth-order valence-electron chi connectivity index (χ4n) is 4.41. The van der Waals surface area contributed by atoms with E-state index in [0.717, 1.165) is 11.3 Å². The first-order valence-corrected chi connectivity index (χ1v) is 13.8. The van der Waals surface area contributed by atoms with E-state index in [1.807, 2.05) is 24.3 Å². The average molecular weight is 506 g/mol. The Morgan fingerprint density at radius 1 is 0.774 bits per heavy atom. The molecular weight excluding hydrogens is 472 g/mol. The molecule has 0 saturated heterocycles. The maximum atomic E-state index is 13.0. The van der Waals surface area contributed by atoms with E-state index in [2.05, 4.69) is 57.5 Å². The molecule has 0 aliphatic rings. The Kier molecular flexibility index (Phi) is 8.66. The Hall–Kier alpha value is -1.92. The molecule has 0 bridgehead atoms. The van der Waals surface area contributed by atoms with E-state index >= 15 is 0 Å². The molecule has 0 radical (unpaired) electrons. The molecule has 0 aliphatic heterocycles. The number of ketones is 1. The number of benzene rings is 2. The van der Waals surface area contributed by atoms with Crippen LogP contribution in [0, 0.1) is 0 Å². The minimum absolute atomic E-state index is 0.0353. The van der Waals surface area contributed by atoms with Gasteiger partial charge in [-0.25, -0.2) is 0 Å². The summed E-state index contributed by atoms with van der Waals surface area (Å²) in [5.74, 6) is 0.877. The van der Waals surface area contributed by atoms with Gasteiger partial charge in [-0.1, -0.05) is 69.6 Å². The normalized spacial score (nSPS) is 12.9. The van der Waals surface area contributed by atoms with Gasteiger partial charge in [-0.15, -0.1) is 0 Å². The summed E-state index contributed by atoms with van der Waals surface area (Å²) in [5.41, 5.74) is 2.86. The molecular formula is C25H33BrO4Si. The predicted molar refractivity (Wildman–Crippen MR) is 132 cm³/mol. The van der Waals surface area contributed by atoms with Crippen molar-refractivity contribution in [3.8, 4) is 11.5 Å². The van der Waals surface area contributed by atoms with Gasteiger partial charge in [0, 0.05) is 12.5 Å². The Morgan fingerprint density at radius 2 is 1.23 bits per heavy atom. The van der Waals surface area contributed by atoms with E-state index in [-0.39, 0.29) is 11.8 Å². The molecule has 0 aliphatic carbocycles. The van der Waals surface area contributed by atoms with Gasteiger partial charge in [0.1, 0.15) is 16.3 Å². The number of Topliss-reactive ketones (excluding diaryl/α,β-unsaturated/α-hetero) is 1. The lowest BCUT2D eigenvalue weighted by molar-refractivity contribution is -0.131. The molecule has 0 amide bonds. The van der Waals surface area contributed by atoms with E-state index in [9.17, 15) is 9.59 Å². The third-order valence-electron chi connectivity index (χ3n) is 5.81. The molecule has 1 atom stereocenters. The SMILES string of the molecule is CC(=O)Oc1ccc(C(Br)C(=O)c2ccc(O[Si](C(C)C)(C(C)C)C(C)C)cc2)cc1. The van der Waals surface area contributed by atoms with Crippen LogP contribution in [0.5, 0.6) is 11.5 Å². The van der Waals surface area contributed by atoms with Crippen molar-refractivity contribution in [2.24, 2.45) is 0 Å². The van der Waals surface area contributed by atoms with Gasteiger partial charge in [0.25, 0.3) is 8.32 Å². The topological polar surface area (TPSA) is 52.6 Å². The fourth-order valence-corrected chi connectivity index (χ4v) is 10.2. The van der Waals surface area contributed by atoms with Crippen LogP contribution in [0.25, 0.3) is 0 Å². The van der Waals surface area contributed by atoms with Crippen molar-refractivity contribution >= 4 is 36.0 Å². The smallest absolute Gasteiger partial charge is 0.308 e. The Bertz CT molecular complexity index is 867. The molecule has 1 unspecified atom stereocenters. The quantitative estimate of drug-likeness (QED) is 0.117. The molecule has 0 saturated carbocycles. The first-order chi connectivity index (χ1) is 14.5. The number of halogens is 1. The number of hydrogen-bond donors (Lipinski definition) is 0. The first kappa shape index (κ1) is 25.3. The highest BCUT2D eigenvalue weighted by atomic mass is 79.9. The standard InChI is InChI=1S/C25H33BrO4Si/c1-16(2)31(17(3)4,18(5)6)30-23-14-10-21(11-15-23)25(28)24(26)20-8-12-22(13-9-20)29-19(7)27/h8-18,24H,1-7H3. The number of rotatable bonds is 9. The monoisotopic (exact) mass is 504 g/mol. The van der Waals surface area contributed by atoms with Crippen molar-refractivity contribution in [3.63, 3.8) is 0 Å². The van der Waals surface area contributed by atoms with Crippen molar-refractivity contribution in [2.75, 3.05) is 0 Å².